The Morgan fingerprint density at radius 2 is 1.70 bits per heavy atom. The Bertz CT molecular complexity index is 1670. The van der Waals surface area contributed by atoms with Crippen LogP contribution in [0.15, 0.2) is 53.5 Å². The van der Waals surface area contributed by atoms with Crippen LogP contribution in [-0.4, -0.2) is 62.6 Å². The minimum absolute atomic E-state index is 0.0283. The summed E-state index contributed by atoms with van der Waals surface area (Å²) in [6.45, 7) is 6.16. The number of ether oxygens (including phenoxy) is 3. The maximum atomic E-state index is 15.6. The van der Waals surface area contributed by atoms with Crippen molar-refractivity contribution in [3.05, 3.63) is 87.3 Å². The molecule has 3 aromatic rings. The van der Waals surface area contributed by atoms with Gasteiger partial charge in [-0.25, -0.2) is 13.6 Å². The number of methoxy groups -OCH3 is 3. The van der Waals surface area contributed by atoms with Crippen molar-refractivity contribution in [3.8, 4) is 11.5 Å². The third-order valence-electron chi connectivity index (χ3n) is 9.38. The summed E-state index contributed by atoms with van der Waals surface area (Å²) < 4.78 is 48.1. The van der Waals surface area contributed by atoms with Crippen LogP contribution in [0.1, 0.15) is 49.8 Å². The molecule has 0 saturated carbocycles. The zero-order valence-corrected chi connectivity index (χ0v) is 26.9. The van der Waals surface area contributed by atoms with E-state index in [2.05, 4.69) is 10.6 Å². The van der Waals surface area contributed by atoms with E-state index in [0.29, 0.717) is 12.8 Å². The Labute approximate surface area is 266 Å². The Balaban J connectivity index is 1.49. The summed E-state index contributed by atoms with van der Waals surface area (Å²) in [4.78, 5) is 42.5. The van der Waals surface area contributed by atoms with Crippen molar-refractivity contribution in [1.29, 1.82) is 0 Å². The quantitative estimate of drug-likeness (QED) is 0.362. The van der Waals surface area contributed by atoms with E-state index in [-0.39, 0.29) is 36.2 Å². The van der Waals surface area contributed by atoms with Gasteiger partial charge in [0.1, 0.15) is 34.9 Å². The third kappa shape index (κ3) is 5.93. The van der Waals surface area contributed by atoms with Crippen molar-refractivity contribution in [2.75, 3.05) is 32.8 Å². The van der Waals surface area contributed by atoms with Gasteiger partial charge in [0.2, 0.25) is 0 Å². The highest BCUT2D eigenvalue weighted by Crippen LogP contribution is 2.41. The molecule has 1 saturated heterocycles. The topological polar surface area (TPSA) is 111 Å². The largest absolute Gasteiger partial charge is 0.497 e. The van der Waals surface area contributed by atoms with Gasteiger partial charge in [-0.05, 0) is 55.2 Å². The fraction of sp³-hybridized carbons (Fsp3) is 0.441. The molecule has 5 rings (SSSR count). The smallest absolute Gasteiger partial charge is 0.315 e. The second-order valence-electron chi connectivity index (χ2n) is 12.3. The van der Waals surface area contributed by atoms with Gasteiger partial charge in [-0.15, -0.1) is 0 Å². The SMILES string of the molecule is COCCn1cccc(N2C(=O)[C@@H](NC(=O)NC3CCc4cc(OC)ccc4C3(C)C)[C@H](c3c(F)cc(OC)cc3F)[C@@H]2C)c1=O. The molecule has 2 aromatic carbocycles. The highest BCUT2D eigenvalue weighted by atomic mass is 19.1. The molecule has 3 amide bonds. The van der Waals surface area contributed by atoms with Crippen LogP contribution in [0.25, 0.3) is 0 Å². The Morgan fingerprint density at radius 1 is 1.00 bits per heavy atom. The number of nitrogens with zero attached hydrogens (tertiary/aromatic N) is 2. The maximum Gasteiger partial charge on any atom is 0.315 e. The first-order chi connectivity index (χ1) is 21.9. The number of carbonyl (C=O) groups is 2. The number of hydrogen-bond donors (Lipinski definition) is 2. The Hall–Kier alpha value is -4.45. The van der Waals surface area contributed by atoms with Crippen LogP contribution in [0.3, 0.4) is 0 Å². The number of anilines is 1. The number of nitrogens with one attached hydrogen (secondary N) is 2. The highest BCUT2D eigenvalue weighted by molar-refractivity contribution is 6.03. The zero-order chi connectivity index (χ0) is 33.3. The van der Waals surface area contributed by atoms with Crippen LogP contribution in [0.4, 0.5) is 19.3 Å². The molecule has 0 spiro atoms. The van der Waals surface area contributed by atoms with E-state index in [1.54, 1.807) is 26.3 Å². The first kappa shape index (κ1) is 32.9. The number of pyridine rings is 1. The van der Waals surface area contributed by atoms with Crippen LogP contribution >= 0.6 is 0 Å². The molecule has 1 aliphatic heterocycles. The summed E-state index contributed by atoms with van der Waals surface area (Å²) >= 11 is 0. The van der Waals surface area contributed by atoms with Crippen molar-refractivity contribution in [2.45, 2.75) is 69.6 Å². The number of amides is 3. The van der Waals surface area contributed by atoms with E-state index in [1.807, 2.05) is 32.0 Å². The van der Waals surface area contributed by atoms with Gasteiger partial charge >= 0.3 is 6.03 Å². The molecule has 246 valence electrons. The van der Waals surface area contributed by atoms with Crippen molar-refractivity contribution < 1.29 is 32.6 Å². The van der Waals surface area contributed by atoms with Crippen molar-refractivity contribution in [3.63, 3.8) is 0 Å². The first-order valence-corrected chi connectivity index (χ1v) is 15.2. The van der Waals surface area contributed by atoms with E-state index >= 15 is 8.78 Å². The Morgan fingerprint density at radius 3 is 2.35 bits per heavy atom. The molecular weight excluding hydrogens is 598 g/mol. The molecule has 1 aliphatic carbocycles. The van der Waals surface area contributed by atoms with E-state index < -0.39 is 52.5 Å². The monoisotopic (exact) mass is 638 g/mol. The summed E-state index contributed by atoms with van der Waals surface area (Å²) in [5.41, 5.74) is 0.893. The number of benzene rings is 2. The normalized spacial score (nSPS) is 21.9. The fourth-order valence-corrected chi connectivity index (χ4v) is 6.89. The van der Waals surface area contributed by atoms with E-state index in [4.69, 9.17) is 14.2 Å². The highest BCUT2D eigenvalue weighted by Gasteiger charge is 2.51. The van der Waals surface area contributed by atoms with Crippen LogP contribution < -0.4 is 30.6 Å². The van der Waals surface area contributed by atoms with Crippen molar-refractivity contribution >= 4 is 17.6 Å². The molecule has 10 nitrogen and oxygen atoms in total. The number of aromatic nitrogens is 1. The number of halogens is 2. The number of urea groups is 1. The van der Waals surface area contributed by atoms with Gasteiger partial charge in [-0.2, -0.15) is 0 Å². The van der Waals surface area contributed by atoms with E-state index in [9.17, 15) is 14.4 Å². The molecule has 1 unspecified atom stereocenters. The number of carbonyl (C=O) groups excluding carboxylic acids is 2. The molecule has 2 heterocycles. The van der Waals surface area contributed by atoms with E-state index in [1.165, 1.54) is 29.8 Å². The maximum absolute atomic E-state index is 15.6. The van der Waals surface area contributed by atoms with Gasteiger partial charge in [0.05, 0.1) is 20.8 Å². The Kier molecular flexibility index (Phi) is 9.39. The predicted molar refractivity (Wildman–Crippen MR) is 169 cm³/mol. The summed E-state index contributed by atoms with van der Waals surface area (Å²) in [5.74, 6) is -2.97. The summed E-state index contributed by atoms with van der Waals surface area (Å²) in [6, 6.07) is 7.77. The standard InChI is InChI=1S/C34H40F2N4O6/c1-19-28(29-24(35)17-22(46-6)18-25(29)36)30(32(42)40(19)26-8-7-13-39(31(26)41)14-15-44-4)38-33(43)37-27-12-9-20-16-21(45-5)10-11-23(20)34(27,2)3/h7-8,10-11,13,16-19,27-28,30H,9,12,14-15H2,1-6H3,(H2,37,38,43)/t19-,27?,28-,30-/m0/s1. The average molecular weight is 639 g/mol. The fourth-order valence-electron chi connectivity index (χ4n) is 6.89. The lowest BCUT2D eigenvalue weighted by Crippen LogP contribution is -2.56. The lowest BCUT2D eigenvalue weighted by Gasteiger charge is -2.41. The summed E-state index contributed by atoms with van der Waals surface area (Å²) in [5, 5.41) is 5.75. The lowest BCUT2D eigenvalue weighted by molar-refractivity contribution is -0.118. The molecule has 4 atom stereocenters. The molecular formula is C34H40F2N4O6. The van der Waals surface area contributed by atoms with Gasteiger partial charge in [-0.1, -0.05) is 19.9 Å². The van der Waals surface area contributed by atoms with Crippen LogP contribution in [0, 0.1) is 11.6 Å². The number of aryl methyl sites for hydroxylation is 1. The second kappa shape index (κ2) is 13.1. The predicted octanol–water partition coefficient (Wildman–Crippen LogP) is 4.27. The minimum Gasteiger partial charge on any atom is -0.497 e. The third-order valence-corrected chi connectivity index (χ3v) is 9.38. The molecule has 0 bridgehead atoms. The molecule has 12 heteroatoms. The van der Waals surface area contributed by atoms with Crippen LogP contribution in [-0.2, 0) is 27.9 Å². The van der Waals surface area contributed by atoms with Crippen LogP contribution in [0.5, 0.6) is 11.5 Å². The minimum atomic E-state index is -1.39. The summed E-state index contributed by atoms with van der Waals surface area (Å²) in [6.07, 6.45) is 2.89. The molecule has 46 heavy (non-hydrogen) atoms. The molecule has 2 N–H and O–H groups in total. The zero-order valence-electron chi connectivity index (χ0n) is 26.9. The van der Waals surface area contributed by atoms with Gasteiger partial charge in [0.15, 0.2) is 0 Å². The van der Waals surface area contributed by atoms with E-state index in [0.717, 1.165) is 29.0 Å². The van der Waals surface area contributed by atoms with Gasteiger partial charge in [-0.3, -0.25) is 9.59 Å². The van der Waals surface area contributed by atoms with Gasteiger partial charge < -0.3 is 34.3 Å². The van der Waals surface area contributed by atoms with Crippen LogP contribution in [0.2, 0.25) is 0 Å². The van der Waals surface area contributed by atoms with Gasteiger partial charge in [0, 0.05) is 61.0 Å². The first-order valence-electron chi connectivity index (χ1n) is 15.2. The molecule has 1 fully saturated rings. The van der Waals surface area contributed by atoms with Gasteiger partial charge in [0.25, 0.3) is 11.5 Å². The number of hydrogen-bond acceptors (Lipinski definition) is 6. The molecule has 2 aliphatic rings. The summed E-state index contributed by atoms with van der Waals surface area (Å²) in [7, 11) is 4.41. The number of fused-ring (bicyclic) bond motifs is 1. The molecule has 0 radical (unpaired) electrons. The molecule has 1 aromatic heterocycles. The number of rotatable bonds is 9. The average Bonchev–Trinajstić information content (AvgIpc) is 3.25. The van der Waals surface area contributed by atoms with Crippen molar-refractivity contribution in [2.24, 2.45) is 0 Å². The van der Waals surface area contributed by atoms with Crippen molar-refractivity contribution in [1.82, 2.24) is 15.2 Å². The lowest BCUT2D eigenvalue weighted by atomic mass is 9.69. The second-order valence-corrected chi connectivity index (χ2v) is 12.3.